The summed E-state index contributed by atoms with van der Waals surface area (Å²) in [6, 6.07) is 7.57. The number of hydrogen-bond acceptors (Lipinski definition) is 3. The zero-order valence-corrected chi connectivity index (χ0v) is 14.5. The first-order chi connectivity index (χ1) is 10.5. The van der Waals surface area contributed by atoms with Crippen molar-refractivity contribution >= 4 is 17.6 Å². The maximum atomic E-state index is 12.8. The minimum atomic E-state index is -1.21. The molecule has 1 unspecified atom stereocenters. The maximum Gasteiger partial charge on any atom is 0.311 e. The Morgan fingerprint density at radius 1 is 1.26 bits per heavy atom. The largest absolute Gasteiger partial charge is 0.481 e. The standard InChI is InChI=1S/C18H24N2O3/c1-11(2)15(21)20-18(6,17(4,5)16(22)23)14-10-8-7-9-13(14)12(3)19-20/h7-11H,1-6H3,(H,22,23). The molecule has 1 amide bonds. The number of amides is 1. The lowest BCUT2D eigenvalue weighted by molar-refractivity contribution is -0.164. The van der Waals surface area contributed by atoms with Crippen LogP contribution in [0.3, 0.4) is 0 Å². The molecule has 5 heteroatoms. The number of carboxylic acids is 1. The number of hydrazone groups is 1. The summed E-state index contributed by atoms with van der Waals surface area (Å²) in [7, 11) is 0. The second-order valence-corrected chi connectivity index (χ2v) is 7.04. The van der Waals surface area contributed by atoms with Gasteiger partial charge in [-0.25, -0.2) is 5.01 Å². The van der Waals surface area contributed by atoms with E-state index >= 15 is 0 Å². The van der Waals surface area contributed by atoms with Crippen LogP contribution in [-0.4, -0.2) is 27.7 Å². The first-order valence-electron chi connectivity index (χ1n) is 7.77. The Hall–Kier alpha value is -2.17. The zero-order valence-electron chi connectivity index (χ0n) is 14.5. The van der Waals surface area contributed by atoms with E-state index in [1.165, 1.54) is 5.01 Å². The Labute approximate surface area is 137 Å². The van der Waals surface area contributed by atoms with Gasteiger partial charge in [0, 0.05) is 11.5 Å². The molecule has 0 spiro atoms. The summed E-state index contributed by atoms with van der Waals surface area (Å²) >= 11 is 0. The van der Waals surface area contributed by atoms with E-state index in [1.54, 1.807) is 34.6 Å². The molecule has 1 aromatic rings. The van der Waals surface area contributed by atoms with Crippen LogP contribution in [-0.2, 0) is 15.1 Å². The monoisotopic (exact) mass is 316 g/mol. The summed E-state index contributed by atoms with van der Waals surface area (Å²) in [6.45, 7) is 10.5. The molecule has 0 radical (unpaired) electrons. The Bertz CT molecular complexity index is 691. The van der Waals surface area contributed by atoms with E-state index < -0.39 is 16.9 Å². The summed E-state index contributed by atoms with van der Waals surface area (Å²) < 4.78 is 0. The number of fused-ring (bicyclic) bond motifs is 1. The zero-order chi connectivity index (χ0) is 17.6. The number of carbonyl (C=O) groups is 2. The van der Waals surface area contributed by atoms with Crippen LogP contribution < -0.4 is 0 Å². The smallest absolute Gasteiger partial charge is 0.311 e. The highest BCUT2D eigenvalue weighted by molar-refractivity contribution is 6.02. The normalized spacial score (nSPS) is 21.0. The molecule has 1 aromatic carbocycles. The number of hydrogen-bond donors (Lipinski definition) is 1. The van der Waals surface area contributed by atoms with Crippen molar-refractivity contribution in [1.82, 2.24) is 5.01 Å². The van der Waals surface area contributed by atoms with Crippen LogP contribution in [0.1, 0.15) is 52.7 Å². The number of rotatable bonds is 3. The molecule has 0 aromatic heterocycles. The molecular weight excluding hydrogens is 292 g/mol. The first-order valence-corrected chi connectivity index (χ1v) is 7.77. The minimum absolute atomic E-state index is 0.185. The summed E-state index contributed by atoms with van der Waals surface area (Å²) in [5.41, 5.74) is 0.132. The van der Waals surface area contributed by atoms with Gasteiger partial charge in [-0.1, -0.05) is 38.1 Å². The van der Waals surface area contributed by atoms with Gasteiger partial charge in [0.25, 0.3) is 0 Å². The van der Waals surface area contributed by atoms with Gasteiger partial charge in [-0.2, -0.15) is 5.10 Å². The van der Waals surface area contributed by atoms with Crippen molar-refractivity contribution in [3.05, 3.63) is 35.4 Å². The minimum Gasteiger partial charge on any atom is -0.481 e. The third-order valence-corrected chi connectivity index (χ3v) is 4.97. The van der Waals surface area contributed by atoms with Gasteiger partial charge in [0.15, 0.2) is 0 Å². The molecule has 0 saturated heterocycles. The molecule has 1 atom stereocenters. The highest BCUT2D eigenvalue weighted by Crippen LogP contribution is 2.48. The van der Waals surface area contributed by atoms with Crippen LogP contribution in [0, 0.1) is 11.3 Å². The Kier molecular flexibility index (Phi) is 4.09. The van der Waals surface area contributed by atoms with E-state index in [4.69, 9.17) is 0 Å². The molecule has 1 heterocycles. The van der Waals surface area contributed by atoms with Gasteiger partial charge in [-0.05, 0) is 33.3 Å². The maximum absolute atomic E-state index is 12.8. The molecule has 0 aliphatic carbocycles. The van der Waals surface area contributed by atoms with E-state index in [-0.39, 0.29) is 11.8 Å². The first kappa shape index (κ1) is 17.2. The molecular formula is C18H24N2O3. The van der Waals surface area contributed by atoms with Crippen LogP contribution in [0.25, 0.3) is 0 Å². The van der Waals surface area contributed by atoms with Gasteiger partial charge >= 0.3 is 5.97 Å². The van der Waals surface area contributed by atoms with Crippen molar-refractivity contribution in [2.45, 2.75) is 47.1 Å². The summed E-state index contributed by atoms with van der Waals surface area (Å²) in [4.78, 5) is 24.7. The van der Waals surface area contributed by atoms with Gasteiger partial charge in [-0.15, -0.1) is 0 Å². The SMILES string of the molecule is CC1=NN(C(=O)C(C)C)C(C)(C(C)(C)C(=O)O)c2ccccc21. The lowest BCUT2D eigenvalue weighted by Crippen LogP contribution is -2.59. The second kappa shape index (κ2) is 5.48. The summed E-state index contributed by atoms with van der Waals surface area (Å²) in [5, 5.41) is 15.7. The number of aliphatic carboxylic acids is 1. The van der Waals surface area contributed by atoms with Crippen LogP contribution in [0.2, 0.25) is 0 Å². The van der Waals surface area contributed by atoms with Gasteiger partial charge in [-0.3, -0.25) is 9.59 Å². The van der Waals surface area contributed by atoms with Crippen molar-refractivity contribution in [3.63, 3.8) is 0 Å². The van der Waals surface area contributed by atoms with Crippen LogP contribution >= 0.6 is 0 Å². The van der Waals surface area contributed by atoms with E-state index in [1.807, 2.05) is 31.2 Å². The van der Waals surface area contributed by atoms with Crippen LogP contribution in [0.4, 0.5) is 0 Å². The fraction of sp³-hybridized carbons (Fsp3) is 0.500. The molecule has 23 heavy (non-hydrogen) atoms. The van der Waals surface area contributed by atoms with Crippen molar-refractivity contribution in [2.24, 2.45) is 16.4 Å². The van der Waals surface area contributed by atoms with E-state index in [9.17, 15) is 14.7 Å². The average Bonchev–Trinajstić information content (AvgIpc) is 2.49. The lowest BCUT2D eigenvalue weighted by atomic mass is 9.66. The van der Waals surface area contributed by atoms with Gasteiger partial charge in [0.05, 0.1) is 11.1 Å². The fourth-order valence-corrected chi connectivity index (χ4v) is 2.96. The Morgan fingerprint density at radius 3 is 2.35 bits per heavy atom. The molecule has 5 nitrogen and oxygen atoms in total. The molecule has 0 fully saturated rings. The summed E-state index contributed by atoms with van der Waals surface area (Å²) in [5.74, 6) is -1.43. The van der Waals surface area contributed by atoms with E-state index in [0.717, 1.165) is 11.1 Å². The van der Waals surface area contributed by atoms with Crippen molar-refractivity contribution in [2.75, 3.05) is 0 Å². The second-order valence-electron chi connectivity index (χ2n) is 7.04. The number of carbonyl (C=O) groups excluding carboxylic acids is 1. The molecule has 1 aliphatic rings. The third kappa shape index (κ3) is 2.35. The number of nitrogens with zero attached hydrogens (tertiary/aromatic N) is 2. The predicted octanol–water partition coefficient (Wildman–Crippen LogP) is 3.23. The molecule has 0 saturated carbocycles. The predicted molar refractivity (Wildman–Crippen MR) is 89.1 cm³/mol. The Balaban J connectivity index is 2.81. The topological polar surface area (TPSA) is 70.0 Å². The highest BCUT2D eigenvalue weighted by Gasteiger charge is 2.56. The Morgan fingerprint density at radius 2 is 1.83 bits per heavy atom. The lowest BCUT2D eigenvalue weighted by Gasteiger charge is -2.50. The van der Waals surface area contributed by atoms with E-state index in [0.29, 0.717) is 5.71 Å². The molecule has 2 rings (SSSR count). The van der Waals surface area contributed by atoms with Crippen molar-refractivity contribution in [1.29, 1.82) is 0 Å². The van der Waals surface area contributed by atoms with Crippen LogP contribution in [0.15, 0.2) is 29.4 Å². The molecule has 1 N–H and O–H groups in total. The average molecular weight is 316 g/mol. The fourth-order valence-electron chi connectivity index (χ4n) is 2.96. The van der Waals surface area contributed by atoms with Crippen molar-refractivity contribution in [3.8, 4) is 0 Å². The van der Waals surface area contributed by atoms with Crippen molar-refractivity contribution < 1.29 is 14.7 Å². The van der Waals surface area contributed by atoms with Crippen LogP contribution in [0.5, 0.6) is 0 Å². The van der Waals surface area contributed by atoms with Gasteiger partial charge in [0.2, 0.25) is 5.91 Å². The third-order valence-electron chi connectivity index (χ3n) is 4.97. The summed E-state index contributed by atoms with van der Waals surface area (Å²) in [6.07, 6.45) is 0. The number of benzene rings is 1. The highest BCUT2D eigenvalue weighted by atomic mass is 16.4. The molecule has 1 aliphatic heterocycles. The number of carboxylic acid groups (broad SMARTS) is 1. The van der Waals surface area contributed by atoms with Gasteiger partial charge < -0.3 is 5.11 Å². The molecule has 124 valence electrons. The van der Waals surface area contributed by atoms with Gasteiger partial charge in [0.1, 0.15) is 5.54 Å². The van der Waals surface area contributed by atoms with E-state index in [2.05, 4.69) is 5.10 Å². The quantitative estimate of drug-likeness (QED) is 0.930. The molecule has 0 bridgehead atoms.